The van der Waals surface area contributed by atoms with Gasteiger partial charge in [0, 0.05) is 19.2 Å². The topological polar surface area (TPSA) is 80.5 Å². The van der Waals surface area contributed by atoms with Crippen molar-refractivity contribution in [3.05, 3.63) is 42.2 Å². The number of nitrogens with zero attached hydrogens (tertiary/aromatic N) is 4. The molecule has 0 radical (unpaired) electrons. The fraction of sp³-hybridized carbons (Fsp3) is 0.500. The van der Waals surface area contributed by atoms with Crippen molar-refractivity contribution in [1.29, 1.82) is 0 Å². The van der Waals surface area contributed by atoms with Crippen LogP contribution in [0.1, 0.15) is 31.7 Å². The molecule has 134 valence electrons. The van der Waals surface area contributed by atoms with Crippen molar-refractivity contribution in [1.82, 2.24) is 19.9 Å². The van der Waals surface area contributed by atoms with Gasteiger partial charge in [-0.05, 0) is 37.5 Å². The van der Waals surface area contributed by atoms with Gasteiger partial charge in [-0.15, -0.1) is 5.10 Å². The van der Waals surface area contributed by atoms with Gasteiger partial charge in [-0.25, -0.2) is 0 Å². The molecule has 0 unspecified atom stereocenters. The summed E-state index contributed by atoms with van der Waals surface area (Å²) in [5, 5.41) is 18.8. The molecule has 3 rings (SSSR count). The first-order valence-electron chi connectivity index (χ1n) is 8.53. The third kappa shape index (κ3) is 3.66. The number of hydrogen-bond donors (Lipinski definition) is 1. The zero-order valence-corrected chi connectivity index (χ0v) is 14.6. The Morgan fingerprint density at radius 2 is 2.16 bits per heavy atom. The molecule has 2 heterocycles. The maximum absolute atomic E-state index is 12.7. The van der Waals surface area contributed by atoms with Crippen LogP contribution in [-0.4, -0.2) is 50.6 Å². The molecule has 0 aliphatic carbocycles. The maximum Gasteiger partial charge on any atom is 0.224 e. The molecule has 2 atom stereocenters. The van der Waals surface area contributed by atoms with Crippen LogP contribution in [0.2, 0.25) is 0 Å². The van der Waals surface area contributed by atoms with Crippen LogP contribution in [0, 0.1) is 0 Å². The van der Waals surface area contributed by atoms with Crippen molar-refractivity contribution in [3.8, 4) is 5.75 Å². The van der Waals surface area contributed by atoms with Gasteiger partial charge in [0.25, 0.3) is 0 Å². The fourth-order valence-corrected chi connectivity index (χ4v) is 3.48. The fourth-order valence-electron chi connectivity index (χ4n) is 3.48. The number of ether oxygens (including phenoxy) is 1. The van der Waals surface area contributed by atoms with Gasteiger partial charge in [-0.2, -0.15) is 0 Å². The second-order valence-corrected chi connectivity index (χ2v) is 6.54. The lowest BCUT2D eigenvalue weighted by molar-refractivity contribution is -0.138. The predicted octanol–water partition coefficient (Wildman–Crippen LogP) is 1.58. The minimum absolute atomic E-state index is 0.0341. The highest BCUT2D eigenvalue weighted by molar-refractivity contribution is 5.77. The van der Waals surface area contributed by atoms with Crippen LogP contribution >= 0.6 is 0 Å². The summed E-state index contributed by atoms with van der Waals surface area (Å²) in [4.78, 5) is 14.5. The number of carbonyl (C=O) groups is 1. The van der Waals surface area contributed by atoms with Crippen LogP contribution in [0.5, 0.6) is 5.75 Å². The second kappa shape index (κ2) is 7.23. The number of amides is 1. The number of carbonyl (C=O) groups excluding carboxylic acids is 1. The lowest BCUT2D eigenvalue weighted by atomic mass is 9.86. The molecule has 2 aromatic rings. The molecule has 7 heteroatoms. The Morgan fingerprint density at radius 3 is 2.80 bits per heavy atom. The normalized spacial score (nSPS) is 19.6. The van der Waals surface area contributed by atoms with E-state index >= 15 is 0 Å². The number of rotatable bonds is 6. The molecule has 1 aliphatic heterocycles. The van der Waals surface area contributed by atoms with Gasteiger partial charge < -0.3 is 14.7 Å². The SMILES string of the molecule is COc1ccc([C@](C)(O)[C@@H]2CCCN2C(=O)CCn2ccnn2)cc1. The summed E-state index contributed by atoms with van der Waals surface area (Å²) in [5.74, 6) is 0.776. The van der Waals surface area contributed by atoms with Gasteiger partial charge in [0.2, 0.25) is 5.91 Å². The Labute approximate surface area is 147 Å². The first kappa shape index (κ1) is 17.4. The third-order valence-corrected chi connectivity index (χ3v) is 4.92. The summed E-state index contributed by atoms with van der Waals surface area (Å²) < 4.78 is 6.82. The molecular weight excluding hydrogens is 320 g/mol. The van der Waals surface area contributed by atoms with E-state index < -0.39 is 5.60 Å². The van der Waals surface area contributed by atoms with Crippen molar-refractivity contribution < 1.29 is 14.6 Å². The van der Waals surface area contributed by atoms with Gasteiger partial charge in [-0.1, -0.05) is 17.3 Å². The van der Waals surface area contributed by atoms with Crippen molar-refractivity contribution in [2.45, 2.75) is 44.4 Å². The van der Waals surface area contributed by atoms with Crippen LogP contribution in [0.25, 0.3) is 0 Å². The molecule has 1 N–H and O–H groups in total. The van der Waals surface area contributed by atoms with Gasteiger partial charge in [-0.3, -0.25) is 9.48 Å². The molecule has 1 aromatic carbocycles. The molecular formula is C18H24N4O3. The van der Waals surface area contributed by atoms with Crippen LogP contribution < -0.4 is 4.74 Å². The van der Waals surface area contributed by atoms with Crippen molar-refractivity contribution in [2.24, 2.45) is 0 Å². The molecule has 1 fully saturated rings. The minimum atomic E-state index is -1.11. The number of aliphatic hydroxyl groups is 1. The first-order valence-corrected chi connectivity index (χ1v) is 8.53. The first-order chi connectivity index (χ1) is 12.0. The number of aromatic nitrogens is 3. The number of methoxy groups -OCH3 is 1. The van der Waals surface area contributed by atoms with Gasteiger partial charge in [0.05, 0.1) is 25.9 Å². The minimum Gasteiger partial charge on any atom is -0.497 e. The maximum atomic E-state index is 12.7. The van der Waals surface area contributed by atoms with E-state index in [2.05, 4.69) is 10.3 Å². The smallest absolute Gasteiger partial charge is 0.224 e. The predicted molar refractivity (Wildman–Crippen MR) is 91.9 cm³/mol. The largest absolute Gasteiger partial charge is 0.497 e. The van der Waals surface area contributed by atoms with Gasteiger partial charge in [0.1, 0.15) is 11.4 Å². The Balaban J connectivity index is 1.71. The Morgan fingerprint density at radius 1 is 1.40 bits per heavy atom. The standard InChI is InChI=1S/C18H24N4O3/c1-18(24,14-5-7-15(25-2)8-6-14)16-4-3-11-22(16)17(23)9-12-21-13-10-19-20-21/h5-8,10,13,16,24H,3-4,9,11-12H2,1-2H3/t16-,18-/m0/s1. The summed E-state index contributed by atoms with van der Waals surface area (Å²) in [5.41, 5.74) is -0.319. The van der Waals surface area contributed by atoms with E-state index in [0.717, 1.165) is 24.2 Å². The third-order valence-electron chi connectivity index (χ3n) is 4.92. The van der Waals surface area contributed by atoms with E-state index in [-0.39, 0.29) is 11.9 Å². The Bertz CT molecular complexity index is 698. The summed E-state index contributed by atoms with van der Waals surface area (Å²) in [6.45, 7) is 2.95. The molecule has 0 bridgehead atoms. The van der Waals surface area contributed by atoms with Gasteiger partial charge >= 0.3 is 0 Å². The van der Waals surface area contributed by atoms with E-state index in [1.165, 1.54) is 0 Å². The summed E-state index contributed by atoms with van der Waals surface area (Å²) in [7, 11) is 1.61. The summed E-state index contributed by atoms with van der Waals surface area (Å²) >= 11 is 0. The highest BCUT2D eigenvalue weighted by atomic mass is 16.5. The lowest BCUT2D eigenvalue weighted by Crippen LogP contribution is -2.48. The Hall–Kier alpha value is -2.41. The van der Waals surface area contributed by atoms with Crippen molar-refractivity contribution in [3.63, 3.8) is 0 Å². The average Bonchev–Trinajstić information content (AvgIpc) is 3.31. The van der Waals surface area contributed by atoms with E-state index in [4.69, 9.17) is 4.74 Å². The van der Waals surface area contributed by atoms with Crippen LogP contribution in [0.3, 0.4) is 0 Å². The molecule has 1 aromatic heterocycles. The molecule has 25 heavy (non-hydrogen) atoms. The van der Waals surface area contributed by atoms with Crippen molar-refractivity contribution >= 4 is 5.91 Å². The molecule has 1 saturated heterocycles. The van der Waals surface area contributed by atoms with Crippen LogP contribution in [0.4, 0.5) is 0 Å². The number of benzene rings is 1. The average molecular weight is 344 g/mol. The molecule has 0 spiro atoms. The molecule has 1 amide bonds. The number of likely N-dealkylation sites (tertiary alicyclic amines) is 1. The summed E-state index contributed by atoms with van der Waals surface area (Å²) in [6.07, 6.45) is 5.36. The number of hydrogen-bond acceptors (Lipinski definition) is 5. The lowest BCUT2D eigenvalue weighted by Gasteiger charge is -2.37. The zero-order chi connectivity index (χ0) is 17.9. The van der Waals surface area contributed by atoms with Gasteiger partial charge in [0.15, 0.2) is 0 Å². The quantitative estimate of drug-likeness (QED) is 0.860. The molecule has 1 aliphatic rings. The van der Waals surface area contributed by atoms with Crippen LogP contribution in [-0.2, 0) is 16.9 Å². The molecule has 7 nitrogen and oxygen atoms in total. The van der Waals surface area contributed by atoms with E-state index in [1.54, 1.807) is 36.0 Å². The monoisotopic (exact) mass is 344 g/mol. The highest BCUT2D eigenvalue weighted by Crippen LogP contribution is 2.35. The van der Waals surface area contributed by atoms with E-state index in [9.17, 15) is 9.90 Å². The van der Waals surface area contributed by atoms with E-state index in [0.29, 0.717) is 19.5 Å². The second-order valence-electron chi connectivity index (χ2n) is 6.54. The van der Waals surface area contributed by atoms with E-state index in [1.807, 2.05) is 24.3 Å². The Kier molecular flexibility index (Phi) is 5.03. The highest BCUT2D eigenvalue weighted by Gasteiger charge is 2.42. The van der Waals surface area contributed by atoms with Crippen LogP contribution in [0.15, 0.2) is 36.7 Å². The number of aryl methyl sites for hydroxylation is 1. The summed E-state index contributed by atoms with van der Waals surface area (Å²) in [6, 6.07) is 7.14. The molecule has 0 saturated carbocycles. The van der Waals surface area contributed by atoms with Crippen molar-refractivity contribution in [2.75, 3.05) is 13.7 Å². The zero-order valence-electron chi connectivity index (χ0n) is 14.6.